The Morgan fingerprint density at radius 3 is 2.43 bits per heavy atom. The lowest BCUT2D eigenvalue weighted by atomic mass is 9.83. The summed E-state index contributed by atoms with van der Waals surface area (Å²) in [6.07, 6.45) is 0.197. The van der Waals surface area contributed by atoms with Crippen molar-refractivity contribution in [2.45, 2.75) is 25.9 Å². The smallest absolute Gasteiger partial charge is 0.240 e. The molecular weight excluding hydrogens is 268 g/mol. The lowest BCUT2D eigenvalue weighted by Gasteiger charge is -2.48. The summed E-state index contributed by atoms with van der Waals surface area (Å²) in [6.45, 7) is 5.02. The maximum Gasteiger partial charge on any atom is 0.240 e. The third-order valence-electron chi connectivity index (χ3n) is 3.92. The Balaban J connectivity index is 1.72. The summed E-state index contributed by atoms with van der Waals surface area (Å²) in [7, 11) is 0. The summed E-state index contributed by atoms with van der Waals surface area (Å²) >= 11 is 0. The third-order valence-corrected chi connectivity index (χ3v) is 3.92. The first kappa shape index (κ1) is 15.7. The zero-order valence-electron chi connectivity index (χ0n) is 12.5. The van der Waals surface area contributed by atoms with E-state index in [9.17, 15) is 14.7 Å². The largest absolute Gasteiger partial charge is 0.387 e. The number of carbonyl (C=O) groups excluding carboxylic acids is 2. The number of hydrogen-bond donors (Lipinski definition) is 2. The molecule has 5 heteroatoms. The van der Waals surface area contributed by atoms with Gasteiger partial charge in [0, 0.05) is 13.1 Å². The number of hydrogen-bond acceptors (Lipinski definition) is 4. The number of carbonyl (C=O) groups is 2. The van der Waals surface area contributed by atoms with Gasteiger partial charge in [-0.2, -0.15) is 0 Å². The van der Waals surface area contributed by atoms with Crippen molar-refractivity contribution in [3.8, 4) is 0 Å². The molecule has 1 heterocycles. The molecule has 1 fully saturated rings. The van der Waals surface area contributed by atoms with Crippen molar-refractivity contribution in [3.05, 3.63) is 35.9 Å². The van der Waals surface area contributed by atoms with E-state index in [2.05, 4.69) is 5.32 Å². The van der Waals surface area contributed by atoms with Crippen LogP contribution in [0.2, 0.25) is 0 Å². The summed E-state index contributed by atoms with van der Waals surface area (Å²) in [4.78, 5) is 25.4. The normalized spacial score (nSPS) is 17.3. The molecule has 2 amide bonds. The van der Waals surface area contributed by atoms with Gasteiger partial charge in [-0.05, 0) is 11.5 Å². The fourth-order valence-corrected chi connectivity index (χ4v) is 2.43. The number of β-amino-alcohol motifs (C(OH)–C–C–N with tert-alkyl or cyclic N) is 1. The van der Waals surface area contributed by atoms with Gasteiger partial charge in [0.15, 0.2) is 0 Å². The molecule has 1 aliphatic rings. The number of nitrogens with zero attached hydrogens (tertiary/aromatic N) is 1. The molecule has 1 aromatic carbocycles. The van der Waals surface area contributed by atoms with Crippen LogP contribution in [-0.4, -0.2) is 47.1 Å². The van der Waals surface area contributed by atoms with Crippen LogP contribution in [-0.2, 0) is 16.0 Å². The standard InChI is InChI=1S/C16H22N2O3/c1-12(2)16(21)10-18(11-16)9-15(20)17-14(19)8-13-6-4-3-5-7-13/h3-7,12,21H,8-11H2,1-2H3,(H,17,19,20). The monoisotopic (exact) mass is 290 g/mol. The van der Waals surface area contributed by atoms with Crippen LogP contribution in [0.3, 0.4) is 0 Å². The van der Waals surface area contributed by atoms with Crippen LogP contribution < -0.4 is 5.32 Å². The average molecular weight is 290 g/mol. The first-order chi connectivity index (χ1) is 9.89. The lowest BCUT2D eigenvalue weighted by Crippen LogP contribution is -2.65. The summed E-state index contributed by atoms with van der Waals surface area (Å²) in [5.74, 6) is -0.455. The number of amides is 2. The molecule has 0 saturated carbocycles. The average Bonchev–Trinajstić information content (AvgIpc) is 2.37. The van der Waals surface area contributed by atoms with Crippen LogP contribution in [0.25, 0.3) is 0 Å². The van der Waals surface area contributed by atoms with Crippen molar-refractivity contribution in [2.75, 3.05) is 19.6 Å². The van der Waals surface area contributed by atoms with Crippen molar-refractivity contribution < 1.29 is 14.7 Å². The fraction of sp³-hybridized carbons (Fsp3) is 0.500. The van der Waals surface area contributed by atoms with E-state index in [1.54, 1.807) is 0 Å². The number of benzene rings is 1. The van der Waals surface area contributed by atoms with Gasteiger partial charge in [0.2, 0.25) is 11.8 Å². The minimum atomic E-state index is -0.700. The Labute approximate surface area is 125 Å². The molecule has 0 radical (unpaired) electrons. The molecule has 1 aromatic rings. The number of imide groups is 1. The molecule has 21 heavy (non-hydrogen) atoms. The van der Waals surface area contributed by atoms with Crippen molar-refractivity contribution >= 4 is 11.8 Å². The summed E-state index contributed by atoms with van der Waals surface area (Å²) in [5.41, 5.74) is 0.176. The second-order valence-electron chi connectivity index (χ2n) is 6.04. The summed E-state index contributed by atoms with van der Waals surface area (Å²) in [6, 6.07) is 9.30. The Kier molecular flexibility index (Phi) is 4.75. The molecular formula is C16H22N2O3. The lowest BCUT2D eigenvalue weighted by molar-refractivity contribution is -0.144. The highest BCUT2D eigenvalue weighted by Gasteiger charge is 2.43. The van der Waals surface area contributed by atoms with Gasteiger partial charge in [-0.1, -0.05) is 44.2 Å². The Morgan fingerprint density at radius 1 is 1.24 bits per heavy atom. The molecule has 2 rings (SSSR count). The van der Waals surface area contributed by atoms with Crippen molar-refractivity contribution in [3.63, 3.8) is 0 Å². The Bertz CT molecular complexity index is 508. The van der Waals surface area contributed by atoms with Gasteiger partial charge in [-0.15, -0.1) is 0 Å². The highest BCUT2D eigenvalue weighted by molar-refractivity contribution is 5.96. The quantitative estimate of drug-likeness (QED) is 0.832. The van der Waals surface area contributed by atoms with Gasteiger partial charge in [0.05, 0.1) is 18.6 Å². The van der Waals surface area contributed by atoms with Crippen molar-refractivity contribution in [1.29, 1.82) is 0 Å². The van der Waals surface area contributed by atoms with Crippen molar-refractivity contribution in [1.82, 2.24) is 10.2 Å². The topological polar surface area (TPSA) is 69.6 Å². The maximum atomic E-state index is 11.8. The summed E-state index contributed by atoms with van der Waals surface area (Å²) < 4.78 is 0. The van der Waals surface area contributed by atoms with E-state index in [1.807, 2.05) is 49.1 Å². The van der Waals surface area contributed by atoms with Crippen LogP contribution >= 0.6 is 0 Å². The van der Waals surface area contributed by atoms with E-state index in [4.69, 9.17) is 0 Å². The van der Waals surface area contributed by atoms with Gasteiger partial charge in [0.25, 0.3) is 0 Å². The number of likely N-dealkylation sites (tertiary alicyclic amines) is 1. The molecule has 2 N–H and O–H groups in total. The van der Waals surface area contributed by atoms with E-state index >= 15 is 0 Å². The number of aliphatic hydroxyl groups is 1. The second kappa shape index (κ2) is 6.37. The van der Waals surface area contributed by atoms with Gasteiger partial charge >= 0.3 is 0 Å². The highest BCUT2D eigenvalue weighted by Crippen LogP contribution is 2.27. The molecule has 0 aliphatic carbocycles. The molecule has 0 aromatic heterocycles. The molecule has 1 saturated heterocycles. The summed E-state index contributed by atoms with van der Waals surface area (Å²) in [5, 5.41) is 12.5. The minimum absolute atomic E-state index is 0.148. The van der Waals surface area contributed by atoms with Crippen LogP contribution in [0, 0.1) is 5.92 Å². The van der Waals surface area contributed by atoms with Crippen LogP contribution in [0.15, 0.2) is 30.3 Å². The minimum Gasteiger partial charge on any atom is -0.387 e. The van der Waals surface area contributed by atoms with Crippen LogP contribution in [0.1, 0.15) is 19.4 Å². The zero-order chi connectivity index (χ0) is 15.5. The van der Waals surface area contributed by atoms with E-state index in [-0.39, 0.29) is 30.7 Å². The molecule has 1 aliphatic heterocycles. The number of rotatable bonds is 5. The highest BCUT2D eigenvalue weighted by atomic mass is 16.3. The first-order valence-corrected chi connectivity index (χ1v) is 7.20. The molecule has 0 atom stereocenters. The molecule has 0 bridgehead atoms. The van der Waals surface area contributed by atoms with Crippen LogP contribution in [0.4, 0.5) is 0 Å². The van der Waals surface area contributed by atoms with Crippen molar-refractivity contribution in [2.24, 2.45) is 5.92 Å². The first-order valence-electron chi connectivity index (χ1n) is 7.20. The van der Waals surface area contributed by atoms with E-state index in [0.29, 0.717) is 13.1 Å². The van der Waals surface area contributed by atoms with E-state index in [0.717, 1.165) is 5.56 Å². The third kappa shape index (κ3) is 4.12. The Morgan fingerprint density at radius 2 is 1.86 bits per heavy atom. The van der Waals surface area contributed by atoms with Gasteiger partial charge < -0.3 is 5.11 Å². The second-order valence-corrected chi connectivity index (χ2v) is 6.04. The van der Waals surface area contributed by atoms with Gasteiger partial charge in [-0.25, -0.2) is 0 Å². The predicted molar refractivity (Wildman–Crippen MR) is 79.5 cm³/mol. The zero-order valence-corrected chi connectivity index (χ0v) is 12.5. The molecule has 0 spiro atoms. The van der Waals surface area contributed by atoms with Gasteiger partial charge in [-0.3, -0.25) is 19.8 Å². The number of nitrogens with one attached hydrogen (secondary N) is 1. The van der Waals surface area contributed by atoms with Gasteiger partial charge in [0.1, 0.15) is 0 Å². The molecule has 5 nitrogen and oxygen atoms in total. The SMILES string of the molecule is CC(C)C1(O)CN(CC(=O)NC(=O)Cc2ccccc2)C1. The molecule has 0 unspecified atom stereocenters. The Hall–Kier alpha value is -1.72. The fourth-order valence-electron chi connectivity index (χ4n) is 2.43. The predicted octanol–water partition coefficient (Wildman–Crippen LogP) is 0.575. The van der Waals surface area contributed by atoms with E-state index in [1.165, 1.54) is 0 Å². The maximum absolute atomic E-state index is 11.8. The van der Waals surface area contributed by atoms with E-state index < -0.39 is 5.60 Å². The van der Waals surface area contributed by atoms with Crippen LogP contribution in [0.5, 0.6) is 0 Å². The molecule has 114 valence electrons.